The molecule has 0 saturated carbocycles. The molecule has 6 nitrogen and oxygen atoms in total. The van der Waals surface area contributed by atoms with Crippen LogP contribution in [0, 0.1) is 0 Å². The molecular weight excluding hydrogens is 354 g/mol. The number of hydrogen-bond acceptors (Lipinski definition) is 5. The molecule has 0 aliphatic heterocycles. The van der Waals surface area contributed by atoms with Crippen LogP contribution in [0.1, 0.15) is 35.7 Å². The summed E-state index contributed by atoms with van der Waals surface area (Å²) < 4.78 is 12.1. The summed E-state index contributed by atoms with van der Waals surface area (Å²) in [6.45, 7) is 4.00. The van der Waals surface area contributed by atoms with Crippen LogP contribution in [0.3, 0.4) is 0 Å². The van der Waals surface area contributed by atoms with Gasteiger partial charge < -0.3 is 13.7 Å². The summed E-state index contributed by atoms with van der Waals surface area (Å²) in [5.41, 5.74) is 4.21. The highest BCUT2D eigenvalue weighted by Gasteiger charge is 2.14. The van der Waals surface area contributed by atoms with Gasteiger partial charge in [0.25, 0.3) is 0 Å². The molecule has 144 valence electrons. The predicted molar refractivity (Wildman–Crippen MR) is 108 cm³/mol. The van der Waals surface area contributed by atoms with Crippen molar-refractivity contribution >= 4 is 17.0 Å². The van der Waals surface area contributed by atoms with Crippen LogP contribution in [-0.4, -0.2) is 27.6 Å². The van der Waals surface area contributed by atoms with E-state index >= 15 is 0 Å². The van der Waals surface area contributed by atoms with E-state index in [1.165, 1.54) is 13.4 Å². The molecule has 0 bridgehead atoms. The minimum atomic E-state index is -0.515. The Balaban J connectivity index is 0.00000109. The number of carbonyl (C=O) groups excluding carboxylic acids is 1. The third-order valence-corrected chi connectivity index (χ3v) is 4.34. The van der Waals surface area contributed by atoms with Crippen molar-refractivity contribution in [3.63, 3.8) is 0 Å². The topological polar surface area (TPSA) is 70.2 Å². The van der Waals surface area contributed by atoms with Gasteiger partial charge in [0.2, 0.25) is 5.89 Å². The monoisotopic (exact) mass is 377 g/mol. The van der Waals surface area contributed by atoms with Crippen LogP contribution < -0.4 is 0 Å². The zero-order valence-corrected chi connectivity index (χ0v) is 16.5. The zero-order valence-electron chi connectivity index (χ0n) is 16.5. The fourth-order valence-electron chi connectivity index (χ4n) is 2.91. The number of esters is 1. The molecule has 0 fully saturated rings. The van der Waals surface area contributed by atoms with E-state index in [4.69, 9.17) is 9.40 Å². The maximum Gasteiger partial charge on any atom is 0.360 e. The van der Waals surface area contributed by atoms with E-state index in [-0.39, 0.29) is 5.69 Å². The zero-order chi connectivity index (χ0) is 20.1. The Morgan fingerprint density at radius 2 is 1.79 bits per heavy atom. The van der Waals surface area contributed by atoms with Crippen LogP contribution in [0.5, 0.6) is 0 Å². The van der Waals surface area contributed by atoms with Crippen LogP contribution in [0.2, 0.25) is 0 Å². The SMILES string of the molecule is CC.COC(=O)c1coc(-c2ccc(Cc3nc4ccccc4n3C)cc2)n1. The minimum absolute atomic E-state index is 0.159. The summed E-state index contributed by atoms with van der Waals surface area (Å²) in [4.78, 5) is 20.3. The highest BCUT2D eigenvalue weighted by Crippen LogP contribution is 2.21. The first-order valence-electron chi connectivity index (χ1n) is 9.19. The second-order valence-electron chi connectivity index (χ2n) is 5.98. The maximum atomic E-state index is 11.5. The Morgan fingerprint density at radius 3 is 2.46 bits per heavy atom. The molecule has 28 heavy (non-hydrogen) atoms. The lowest BCUT2D eigenvalue weighted by molar-refractivity contribution is 0.0594. The number of imidazole rings is 1. The van der Waals surface area contributed by atoms with Crippen LogP contribution in [-0.2, 0) is 18.2 Å². The molecule has 6 heteroatoms. The second-order valence-corrected chi connectivity index (χ2v) is 5.98. The number of nitrogens with zero attached hydrogens (tertiary/aromatic N) is 3. The highest BCUT2D eigenvalue weighted by atomic mass is 16.5. The molecule has 0 unspecified atom stereocenters. The summed E-state index contributed by atoms with van der Waals surface area (Å²) in [7, 11) is 3.34. The van der Waals surface area contributed by atoms with Gasteiger partial charge in [-0.2, -0.15) is 0 Å². The Bertz CT molecular complexity index is 1080. The Labute approximate surface area is 163 Å². The Hall–Kier alpha value is -3.41. The number of aromatic nitrogens is 3. The molecule has 2 aromatic heterocycles. The number of hydrogen-bond donors (Lipinski definition) is 0. The third-order valence-electron chi connectivity index (χ3n) is 4.34. The van der Waals surface area contributed by atoms with Crippen molar-refractivity contribution in [3.8, 4) is 11.5 Å². The van der Waals surface area contributed by atoms with Gasteiger partial charge in [-0.25, -0.2) is 14.8 Å². The maximum absolute atomic E-state index is 11.5. The van der Waals surface area contributed by atoms with Crippen molar-refractivity contribution in [1.29, 1.82) is 0 Å². The largest absolute Gasteiger partial charge is 0.464 e. The quantitative estimate of drug-likeness (QED) is 0.485. The van der Waals surface area contributed by atoms with Crippen molar-refractivity contribution in [2.45, 2.75) is 20.3 Å². The molecule has 0 saturated heterocycles. The van der Waals surface area contributed by atoms with Gasteiger partial charge in [0.05, 0.1) is 18.1 Å². The van der Waals surface area contributed by atoms with Gasteiger partial charge in [-0.15, -0.1) is 0 Å². The second kappa shape index (κ2) is 8.52. The van der Waals surface area contributed by atoms with E-state index in [1.54, 1.807) is 0 Å². The van der Waals surface area contributed by atoms with Crippen molar-refractivity contribution in [1.82, 2.24) is 14.5 Å². The molecule has 0 spiro atoms. The fraction of sp³-hybridized carbons (Fsp3) is 0.227. The summed E-state index contributed by atoms with van der Waals surface area (Å²) in [6, 6.07) is 16.0. The molecule has 2 heterocycles. The van der Waals surface area contributed by atoms with Gasteiger partial charge in [0, 0.05) is 19.0 Å². The van der Waals surface area contributed by atoms with E-state index in [0.29, 0.717) is 5.89 Å². The standard InChI is InChI=1S/C20H17N3O3.C2H6/c1-23-17-6-4-3-5-15(17)21-18(23)11-13-7-9-14(10-8-13)19-22-16(12-26-19)20(24)25-2;1-2/h3-10,12H,11H2,1-2H3;1-2H3. The number of rotatable bonds is 4. The van der Waals surface area contributed by atoms with E-state index in [2.05, 4.69) is 20.4 Å². The lowest BCUT2D eigenvalue weighted by Crippen LogP contribution is -2.01. The number of aryl methyl sites for hydroxylation is 1. The fourth-order valence-corrected chi connectivity index (χ4v) is 2.91. The molecule has 0 N–H and O–H groups in total. The third kappa shape index (κ3) is 3.81. The van der Waals surface area contributed by atoms with Crippen LogP contribution in [0.15, 0.2) is 59.2 Å². The Kier molecular flexibility index (Phi) is 5.89. The van der Waals surface area contributed by atoms with E-state index in [1.807, 2.05) is 63.4 Å². The van der Waals surface area contributed by atoms with Gasteiger partial charge in [0.1, 0.15) is 12.1 Å². The summed E-state index contributed by atoms with van der Waals surface area (Å²) in [5, 5.41) is 0. The summed E-state index contributed by atoms with van der Waals surface area (Å²) in [6.07, 6.45) is 2.03. The summed E-state index contributed by atoms with van der Waals surface area (Å²) in [5.74, 6) is 0.876. The van der Waals surface area contributed by atoms with Crippen LogP contribution in [0.4, 0.5) is 0 Å². The number of fused-ring (bicyclic) bond motifs is 1. The van der Waals surface area contributed by atoms with Gasteiger partial charge in [-0.05, 0) is 29.8 Å². The number of para-hydroxylation sites is 2. The van der Waals surface area contributed by atoms with Crippen LogP contribution in [0.25, 0.3) is 22.5 Å². The molecule has 0 atom stereocenters. The van der Waals surface area contributed by atoms with Crippen molar-refractivity contribution < 1.29 is 13.9 Å². The van der Waals surface area contributed by atoms with Gasteiger partial charge in [0.15, 0.2) is 5.69 Å². The molecule has 0 radical (unpaired) electrons. The van der Waals surface area contributed by atoms with E-state index < -0.39 is 5.97 Å². The van der Waals surface area contributed by atoms with Gasteiger partial charge >= 0.3 is 5.97 Å². The number of ether oxygens (including phenoxy) is 1. The van der Waals surface area contributed by atoms with E-state index in [0.717, 1.165) is 34.4 Å². The first-order valence-corrected chi connectivity index (χ1v) is 9.19. The lowest BCUT2D eigenvalue weighted by atomic mass is 10.1. The van der Waals surface area contributed by atoms with E-state index in [9.17, 15) is 4.79 Å². The summed E-state index contributed by atoms with van der Waals surface area (Å²) >= 11 is 0. The molecule has 0 amide bonds. The van der Waals surface area contributed by atoms with Gasteiger partial charge in [-0.3, -0.25) is 0 Å². The number of benzene rings is 2. The molecule has 4 aromatic rings. The van der Waals surface area contributed by atoms with Crippen molar-refractivity contribution in [3.05, 3.63) is 71.9 Å². The average molecular weight is 377 g/mol. The highest BCUT2D eigenvalue weighted by molar-refractivity contribution is 5.87. The van der Waals surface area contributed by atoms with Crippen LogP contribution >= 0.6 is 0 Å². The number of carbonyl (C=O) groups is 1. The minimum Gasteiger partial charge on any atom is -0.464 e. The van der Waals surface area contributed by atoms with Crippen molar-refractivity contribution in [2.75, 3.05) is 7.11 Å². The first-order chi connectivity index (χ1) is 13.7. The lowest BCUT2D eigenvalue weighted by Gasteiger charge is -2.04. The van der Waals surface area contributed by atoms with Crippen molar-refractivity contribution in [2.24, 2.45) is 7.05 Å². The molecule has 0 aliphatic carbocycles. The van der Waals surface area contributed by atoms with Gasteiger partial charge in [-0.1, -0.05) is 38.1 Å². The predicted octanol–water partition coefficient (Wildman–Crippen LogP) is 4.63. The molecule has 0 aliphatic rings. The smallest absolute Gasteiger partial charge is 0.360 e. The Morgan fingerprint density at radius 1 is 1.07 bits per heavy atom. The molecule has 2 aromatic carbocycles. The molecule has 4 rings (SSSR count). The normalized spacial score (nSPS) is 10.4. The number of methoxy groups -OCH3 is 1. The molecular formula is C22H23N3O3. The number of oxazole rings is 1. The first kappa shape index (κ1) is 19.4. The average Bonchev–Trinajstić information content (AvgIpc) is 3.36.